The van der Waals surface area contributed by atoms with Gasteiger partial charge in [-0.05, 0) is 55.5 Å². The fourth-order valence-electron chi connectivity index (χ4n) is 4.77. The Labute approximate surface area is 238 Å². The normalized spacial score (nSPS) is 20.0. The smallest absolute Gasteiger partial charge is 0.243 e. The summed E-state index contributed by atoms with van der Waals surface area (Å²) in [6, 6.07) is 17.3. The quantitative estimate of drug-likeness (QED) is 0.165. The maximum absolute atomic E-state index is 12.5. The molecule has 10 nitrogen and oxygen atoms in total. The maximum atomic E-state index is 12.5. The molecule has 2 unspecified atom stereocenters. The third-order valence-corrected chi connectivity index (χ3v) is 7.35. The van der Waals surface area contributed by atoms with E-state index in [0.717, 1.165) is 45.4 Å². The molecule has 2 aliphatic rings. The number of ether oxygens (including phenoxy) is 1. The molecule has 2 heterocycles. The van der Waals surface area contributed by atoms with Gasteiger partial charge in [0, 0.05) is 39.0 Å². The topological polar surface area (TPSA) is 141 Å². The van der Waals surface area contributed by atoms with Gasteiger partial charge in [0.1, 0.15) is 12.4 Å². The Balaban J connectivity index is 0.000000472. The molecule has 1 amide bonds. The molecular weight excluding hydrogens is 508 g/mol. The van der Waals surface area contributed by atoms with Crippen LogP contribution in [-0.4, -0.2) is 102 Å². The van der Waals surface area contributed by atoms with Gasteiger partial charge in [-0.2, -0.15) is 5.10 Å². The summed E-state index contributed by atoms with van der Waals surface area (Å²) in [5.41, 5.74) is 5.26. The van der Waals surface area contributed by atoms with Crippen molar-refractivity contribution >= 4 is 11.7 Å². The Bertz CT molecular complexity index is 1060. The van der Waals surface area contributed by atoms with Gasteiger partial charge < -0.3 is 30.6 Å². The highest BCUT2D eigenvalue weighted by Gasteiger charge is 2.21. The lowest BCUT2D eigenvalue weighted by Gasteiger charge is -2.33. The molecular formula is C30H46N6O4. The van der Waals surface area contributed by atoms with Gasteiger partial charge in [-0.25, -0.2) is 5.84 Å². The van der Waals surface area contributed by atoms with Crippen molar-refractivity contribution < 1.29 is 19.7 Å². The van der Waals surface area contributed by atoms with E-state index in [4.69, 9.17) is 26.6 Å². The fraction of sp³-hybridized carbons (Fsp3) is 0.533. The average Bonchev–Trinajstić information content (AvgIpc) is 2.94. The van der Waals surface area contributed by atoms with E-state index in [2.05, 4.69) is 72.5 Å². The SMILES string of the molecule is Cc1ccccc1Cc1ccc(CCC/C(=N/N)N(N)CC(=O)N2CCN(C)CC2)cc1.OC1COCC(O)C1. The molecule has 4 rings (SSSR count). The van der Waals surface area contributed by atoms with Crippen LogP contribution in [0.5, 0.6) is 0 Å². The molecule has 0 radical (unpaired) electrons. The summed E-state index contributed by atoms with van der Waals surface area (Å²) in [6.07, 6.45) is 2.89. The minimum Gasteiger partial charge on any atom is -0.391 e. The first kappa shape index (κ1) is 31.5. The second-order valence-electron chi connectivity index (χ2n) is 10.7. The second kappa shape index (κ2) is 16.3. The first-order valence-electron chi connectivity index (χ1n) is 14.1. The van der Waals surface area contributed by atoms with Crippen LogP contribution in [0, 0.1) is 6.92 Å². The van der Waals surface area contributed by atoms with Crippen LogP contribution in [0.4, 0.5) is 0 Å². The first-order chi connectivity index (χ1) is 19.2. The minimum atomic E-state index is -0.459. The summed E-state index contributed by atoms with van der Waals surface area (Å²) in [4.78, 5) is 16.6. The van der Waals surface area contributed by atoms with Crippen LogP contribution < -0.4 is 11.7 Å². The first-order valence-corrected chi connectivity index (χ1v) is 14.1. The number of amides is 1. The zero-order chi connectivity index (χ0) is 28.9. The number of aliphatic hydroxyl groups is 2. The molecule has 10 heteroatoms. The highest BCUT2D eigenvalue weighted by molar-refractivity contribution is 5.87. The molecule has 2 aromatic carbocycles. The molecule has 0 bridgehead atoms. The molecule has 220 valence electrons. The summed E-state index contributed by atoms with van der Waals surface area (Å²) >= 11 is 0. The van der Waals surface area contributed by atoms with E-state index in [1.165, 1.54) is 27.3 Å². The van der Waals surface area contributed by atoms with Crippen molar-refractivity contribution in [2.45, 2.75) is 51.2 Å². The van der Waals surface area contributed by atoms with Gasteiger partial charge in [-0.15, -0.1) is 0 Å². The van der Waals surface area contributed by atoms with Gasteiger partial charge in [0.05, 0.1) is 25.4 Å². The molecule has 2 saturated heterocycles. The zero-order valence-corrected chi connectivity index (χ0v) is 23.9. The number of rotatable bonds is 8. The number of likely N-dealkylation sites (N-methyl/N-ethyl adjacent to an activating group) is 1. The zero-order valence-electron chi connectivity index (χ0n) is 23.9. The molecule has 2 fully saturated rings. The van der Waals surface area contributed by atoms with E-state index in [1.54, 1.807) is 0 Å². The van der Waals surface area contributed by atoms with Crippen molar-refractivity contribution in [2.24, 2.45) is 16.8 Å². The molecule has 0 aliphatic carbocycles. The number of hydrogen-bond donors (Lipinski definition) is 4. The highest BCUT2D eigenvalue weighted by atomic mass is 16.5. The van der Waals surface area contributed by atoms with E-state index in [-0.39, 0.29) is 12.5 Å². The lowest BCUT2D eigenvalue weighted by atomic mass is 9.99. The Kier molecular flexibility index (Phi) is 12.8. The molecule has 6 N–H and O–H groups in total. The van der Waals surface area contributed by atoms with Crippen LogP contribution in [0.2, 0.25) is 0 Å². The summed E-state index contributed by atoms with van der Waals surface area (Å²) in [5.74, 6) is 12.3. The van der Waals surface area contributed by atoms with Crippen LogP contribution in [0.3, 0.4) is 0 Å². The largest absolute Gasteiger partial charge is 0.391 e. The molecule has 2 aliphatic heterocycles. The lowest BCUT2D eigenvalue weighted by molar-refractivity contribution is -0.133. The molecule has 2 atom stereocenters. The van der Waals surface area contributed by atoms with Gasteiger partial charge in [-0.3, -0.25) is 9.80 Å². The van der Waals surface area contributed by atoms with E-state index < -0.39 is 12.2 Å². The fourth-order valence-corrected chi connectivity index (χ4v) is 4.77. The number of hydrazine groups is 1. The molecule has 0 aromatic heterocycles. The van der Waals surface area contributed by atoms with Gasteiger partial charge in [0.2, 0.25) is 5.91 Å². The number of carbonyl (C=O) groups excluding carboxylic acids is 1. The number of hydrogen-bond acceptors (Lipinski definition) is 8. The van der Waals surface area contributed by atoms with Crippen molar-refractivity contribution in [3.8, 4) is 0 Å². The third-order valence-electron chi connectivity index (χ3n) is 7.35. The Morgan fingerprint density at radius 3 is 2.23 bits per heavy atom. The summed E-state index contributed by atoms with van der Waals surface area (Å²) < 4.78 is 4.79. The number of aryl methyl sites for hydroxylation is 2. The third kappa shape index (κ3) is 10.5. The van der Waals surface area contributed by atoms with E-state index in [0.29, 0.717) is 31.9 Å². The van der Waals surface area contributed by atoms with Crippen molar-refractivity contribution in [3.05, 3.63) is 70.8 Å². The molecule has 0 saturated carbocycles. The number of hydrazone groups is 1. The lowest BCUT2D eigenvalue weighted by Crippen LogP contribution is -2.52. The van der Waals surface area contributed by atoms with Crippen molar-refractivity contribution in [2.75, 3.05) is 53.0 Å². The predicted molar refractivity (Wildman–Crippen MR) is 157 cm³/mol. The van der Waals surface area contributed by atoms with Crippen LogP contribution in [0.25, 0.3) is 0 Å². The van der Waals surface area contributed by atoms with Gasteiger partial charge in [0.15, 0.2) is 0 Å². The van der Waals surface area contributed by atoms with Crippen LogP contribution in [-0.2, 0) is 22.4 Å². The number of nitrogens with two attached hydrogens (primary N) is 2. The summed E-state index contributed by atoms with van der Waals surface area (Å²) in [6.45, 7) is 6.24. The number of carbonyl (C=O) groups is 1. The minimum absolute atomic E-state index is 0.0194. The molecule has 0 spiro atoms. The van der Waals surface area contributed by atoms with E-state index >= 15 is 0 Å². The van der Waals surface area contributed by atoms with Crippen LogP contribution in [0.15, 0.2) is 53.6 Å². The Morgan fingerprint density at radius 1 is 1.02 bits per heavy atom. The summed E-state index contributed by atoms with van der Waals surface area (Å²) in [7, 11) is 2.06. The van der Waals surface area contributed by atoms with Crippen LogP contribution >= 0.6 is 0 Å². The highest BCUT2D eigenvalue weighted by Crippen LogP contribution is 2.15. The average molecular weight is 555 g/mol. The second-order valence-corrected chi connectivity index (χ2v) is 10.7. The maximum Gasteiger partial charge on any atom is 0.243 e. The number of piperazine rings is 1. The number of benzene rings is 2. The number of nitrogens with zero attached hydrogens (tertiary/aromatic N) is 4. The van der Waals surface area contributed by atoms with Crippen LogP contribution in [0.1, 0.15) is 41.5 Å². The van der Waals surface area contributed by atoms with Gasteiger partial charge in [0.25, 0.3) is 0 Å². The van der Waals surface area contributed by atoms with E-state index in [1.807, 2.05) is 4.90 Å². The van der Waals surface area contributed by atoms with Gasteiger partial charge >= 0.3 is 0 Å². The standard InChI is InChI=1S/C25H36N6O.C5H10O3/c1-20-6-3-4-8-23(20)18-22-12-10-21(11-13-22)7-5-9-24(28-26)31(27)19-25(32)30-16-14-29(2)15-17-30;6-4-1-5(7)3-8-2-4/h3-4,6,8,10-13H,5,7,9,14-19,26-27H2,1-2H3;4-7H,1-3H2/b28-24-;. The van der Waals surface area contributed by atoms with Gasteiger partial charge in [-0.1, -0.05) is 48.5 Å². The number of amidine groups is 1. The molecule has 2 aromatic rings. The van der Waals surface area contributed by atoms with Crippen molar-refractivity contribution in [3.63, 3.8) is 0 Å². The predicted octanol–water partition coefficient (Wildman–Crippen LogP) is 1.26. The Hall–Kier alpha value is -3.02. The van der Waals surface area contributed by atoms with Crippen molar-refractivity contribution in [1.29, 1.82) is 0 Å². The van der Waals surface area contributed by atoms with E-state index in [9.17, 15) is 4.79 Å². The van der Waals surface area contributed by atoms with Crippen molar-refractivity contribution in [1.82, 2.24) is 14.8 Å². The Morgan fingerprint density at radius 2 is 1.65 bits per heavy atom. The summed E-state index contributed by atoms with van der Waals surface area (Å²) in [5, 5.41) is 22.8. The monoisotopic (exact) mass is 554 g/mol. The number of aliphatic hydroxyl groups excluding tert-OH is 2. The molecule has 40 heavy (non-hydrogen) atoms.